The van der Waals surface area contributed by atoms with Gasteiger partial charge in [-0.05, 0) is 30.5 Å². The molecule has 6 nitrogen and oxygen atoms in total. The number of aromatic nitrogens is 3. The summed E-state index contributed by atoms with van der Waals surface area (Å²) in [5, 5.41) is 0.654. The van der Waals surface area contributed by atoms with E-state index in [-0.39, 0.29) is 11.7 Å². The Balaban J connectivity index is 1.88. The van der Waals surface area contributed by atoms with E-state index in [2.05, 4.69) is 9.88 Å². The Kier molecular flexibility index (Phi) is 4.46. The molecule has 2 aromatic heterocycles. The molecule has 1 aliphatic rings. The summed E-state index contributed by atoms with van der Waals surface area (Å²) in [6.07, 6.45) is 3.84. The fourth-order valence-corrected chi connectivity index (χ4v) is 3.93. The van der Waals surface area contributed by atoms with Crippen molar-refractivity contribution in [2.75, 3.05) is 18.0 Å². The molecule has 0 aliphatic carbocycles. The third-order valence-electron chi connectivity index (χ3n) is 5.07. The van der Waals surface area contributed by atoms with Gasteiger partial charge < -0.3 is 10.6 Å². The Bertz CT molecular complexity index is 1010. The third-order valence-corrected chi connectivity index (χ3v) is 5.44. The monoisotopic (exact) mass is 371 g/mol. The molecule has 0 amide bonds. The van der Waals surface area contributed by atoms with Gasteiger partial charge in [0.15, 0.2) is 5.65 Å². The number of nitrogens with two attached hydrogens (primary N) is 1. The highest BCUT2D eigenvalue weighted by atomic mass is 35.5. The number of anilines is 1. The summed E-state index contributed by atoms with van der Waals surface area (Å²) in [7, 11) is 1.76. The predicted molar refractivity (Wildman–Crippen MR) is 105 cm³/mol. The number of nitrogens with zero attached hydrogens (tertiary/aromatic N) is 4. The second-order valence-electron chi connectivity index (χ2n) is 6.87. The lowest BCUT2D eigenvalue weighted by Crippen LogP contribution is -2.43. The Hall–Kier alpha value is -2.31. The van der Waals surface area contributed by atoms with Gasteiger partial charge in [0.2, 0.25) is 0 Å². The fraction of sp³-hybridized carbons (Fsp3) is 0.368. The van der Waals surface area contributed by atoms with Crippen molar-refractivity contribution in [3.8, 4) is 0 Å². The minimum Gasteiger partial charge on any atom is -0.368 e. The molecule has 1 saturated heterocycles. The molecule has 0 saturated carbocycles. The lowest BCUT2D eigenvalue weighted by Gasteiger charge is -2.33. The maximum Gasteiger partial charge on any atom is 0.330 e. The first kappa shape index (κ1) is 17.1. The molecule has 0 radical (unpaired) electrons. The maximum atomic E-state index is 12.9. The Morgan fingerprint density at radius 3 is 2.88 bits per heavy atom. The van der Waals surface area contributed by atoms with Crippen molar-refractivity contribution in [2.24, 2.45) is 12.8 Å². The molecule has 1 fully saturated rings. The van der Waals surface area contributed by atoms with Gasteiger partial charge in [-0.15, -0.1) is 0 Å². The Labute approximate surface area is 156 Å². The number of aryl methyl sites for hydroxylation is 1. The predicted octanol–water partition coefficient (Wildman–Crippen LogP) is 2.36. The first-order valence-corrected chi connectivity index (χ1v) is 9.22. The lowest BCUT2D eigenvalue weighted by molar-refractivity contribution is 0.506. The number of imidazole rings is 1. The molecular formula is C19H22ClN5O. The van der Waals surface area contributed by atoms with Crippen molar-refractivity contribution >= 4 is 28.5 Å². The molecule has 0 unspecified atom stereocenters. The zero-order valence-corrected chi connectivity index (χ0v) is 15.5. The van der Waals surface area contributed by atoms with E-state index < -0.39 is 0 Å². The van der Waals surface area contributed by atoms with Crippen LogP contribution in [-0.2, 0) is 13.6 Å². The van der Waals surface area contributed by atoms with E-state index in [0.29, 0.717) is 17.2 Å². The largest absolute Gasteiger partial charge is 0.368 e. The number of hydrogen-bond acceptors (Lipinski definition) is 4. The van der Waals surface area contributed by atoms with E-state index in [1.54, 1.807) is 22.4 Å². The third kappa shape index (κ3) is 2.89. The average Bonchev–Trinajstić information content (AvgIpc) is 2.88. The van der Waals surface area contributed by atoms with Gasteiger partial charge in [-0.2, -0.15) is 0 Å². The van der Waals surface area contributed by atoms with E-state index in [4.69, 9.17) is 17.3 Å². The molecule has 2 N–H and O–H groups in total. The van der Waals surface area contributed by atoms with Crippen LogP contribution in [0.1, 0.15) is 18.4 Å². The molecule has 3 heterocycles. The van der Waals surface area contributed by atoms with Crippen molar-refractivity contribution in [3.63, 3.8) is 0 Å². The van der Waals surface area contributed by atoms with E-state index in [1.165, 1.54) is 0 Å². The number of benzene rings is 1. The maximum absolute atomic E-state index is 12.9. The van der Waals surface area contributed by atoms with Crippen molar-refractivity contribution in [2.45, 2.75) is 25.4 Å². The van der Waals surface area contributed by atoms with Crippen molar-refractivity contribution in [1.29, 1.82) is 0 Å². The summed E-state index contributed by atoms with van der Waals surface area (Å²) in [5.74, 6) is 0. The van der Waals surface area contributed by atoms with Crippen LogP contribution in [0.4, 0.5) is 5.69 Å². The van der Waals surface area contributed by atoms with E-state index in [1.807, 2.05) is 30.3 Å². The molecule has 1 aromatic carbocycles. The Morgan fingerprint density at radius 1 is 1.31 bits per heavy atom. The smallest absolute Gasteiger partial charge is 0.330 e. The number of halogens is 1. The molecule has 4 rings (SSSR count). The first-order valence-electron chi connectivity index (χ1n) is 8.84. The highest BCUT2D eigenvalue weighted by Gasteiger charge is 2.23. The second-order valence-corrected chi connectivity index (χ2v) is 7.28. The van der Waals surface area contributed by atoms with Crippen LogP contribution in [0.2, 0.25) is 5.02 Å². The topological polar surface area (TPSA) is 69.1 Å². The number of fused-ring (bicyclic) bond motifs is 1. The summed E-state index contributed by atoms with van der Waals surface area (Å²) >= 11 is 6.33. The normalized spacial score (nSPS) is 17.8. The van der Waals surface area contributed by atoms with Crippen LogP contribution < -0.4 is 16.3 Å². The zero-order chi connectivity index (χ0) is 18.3. The lowest BCUT2D eigenvalue weighted by atomic mass is 10.1. The van der Waals surface area contributed by atoms with Crippen LogP contribution in [-0.4, -0.2) is 33.2 Å². The van der Waals surface area contributed by atoms with Gasteiger partial charge in [0.25, 0.3) is 0 Å². The van der Waals surface area contributed by atoms with Gasteiger partial charge in [-0.25, -0.2) is 9.78 Å². The van der Waals surface area contributed by atoms with Gasteiger partial charge in [-0.3, -0.25) is 9.13 Å². The molecule has 0 bridgehead atoms. The van der Waals surface area contributed by atoms with Crippen LogP contribution in [0, 0.1) is 0 Å². The molecule has 0 spiro atoms. The number of hydrogen-bond donors (Lipinski definition) is 1. The standard InChI is InChI=1S/C19H22ClN5O/c1-23-18-17(16(8-9-22-18)24-10-4-6-14(21)12-24)25(19(23)26)11-13-5-2-3-7-15(13)20/h2-3,5,7-9,14H,4,6,10-12,21H2,1H3/t14-/m1/s1. The summed E-state index contributed by atoms with van der Waals surface area (Å²) < 4.78 is 3.36. The number of pyridine rings is 1. The summed E-state index contributed by atoms with van der Waals surface area (Å²) in [4.78, 5) is 19.6. The first-order chi connectivity index (χ1) is 12.6. The van der Waals surface area contributed by atoms with Gasteiger partial charge in [-0.1, -0.05) is 29.8 Å². The highest BCUT2D eigenvalue weighted by molar-refractivity contribution is 6.31. The zero-order valence-electron chi connectivity index (χ0n) is 14.7. The van der Waals surface area contributed by atoms with Crippen molar-refractivity contribution < 1.29 is 0 Å². The van der Waals surface area contributed by atoms with Crippen LogP contribution in [0.5, 0.6) is 0 Å². The van der Waals surface area contributed by atoms with Crippen molar-refractivity contribution in [3.05, 3.63) is 57.6 Å². The van der Waals surface area contributed by atoms with Crippen LogP contribution in [0.3, 0.4) is 0 Å². The average molecular weight is 372 g/mol. The van der Waals surface area contributed by atoms with Crippen molar-refractivity contribution in [1.82, 2.24) is 14.1 Å². The molecule has 136 valence electrons. The Morgan fingerprint density at radius 2 is 2.12 bits per heavy atom. The van der Waals surface area contributed by atoms with Crippen LogP contribution >= 0.6 is 11.6 Å². The molecule has 3 aromatic rings. The van der Waals surface area contributed by atoms with Gasteiger partial charge in [0.05, 0.1) is 12.2 Å². The van der Waals surface area contributed by atoms with E-state index >= 15 is 0 Å². The van der Waals surface area contributed by atoms with Crippen LogP contribution in [0.15, 0.2) is 41.3 Å². The minimum atomic E-state index is -0.0961. The minimum absolute atomic E-state index is 0.0961. The van der Waals surface area contributed by atoms with Crippen LogP contribution in [0.25, 0.3) is 11.2 Å². The highest BCUT2D eigenvalue weighted by Crippen LogP contribution is 2.28. The molecule has 1 atom stereocenters. The van der Waals surface area contributed by atoms with E-state index in [0.717, 1.165) is 42.7 Å². The summed E-state index contributed by atoms with van der Waals surface area (Å²) in [5.41, 5.74) is 9.52. The van der Waals surface area contributed by atoms with Gasteiger partial charge in [0, 0.05) is 37.4 Å². The number of rotatable bonds is 3. The van der Waals surface area contributed by atoms with Gasteiger partial charge >= 0.3 is 5.69 Å². The molecular weight excluding hydrogens is 350 g/mol. The second kappa shape index (κ2) is 6.78. The number of piperidine rings is 1. The SMILES string of the molecule is Cn1c(=O)n(Cc2ccccc2Cl)c2c(N3CCC[C@@H](N)C3)ccnc21. The fourth-order valence-electron chi connectivity index (χ4n) is 3.73. The van der Waals surface area contributed by atoms with E-state index in [9.17, 15) is 4.79 Å². The quantitative estimate of drug-likeness (QED) is 0.767. The summed E-state index contributed by atoms with van der Waals surface area (Å²) in [6.45, 7) is 2.13. The summed E-state index contributed by atoms with van der Waals surface area (Å²) in [6, 6.07) is 9.73. The molecule has 1 aliphatic heterocycles. The molecule has 26 heavy (non-hydrogen) atoms. The van der Waals surface area contributed by atoms with Gasteiger partial charge in [0.1, 0.15) is 5.52 Å². The molecule has 7 heteroatoms.